The molecule has 0 saturated carbocycles. The quantitative estimate of drug-likeness (QED) is 0.585. The molecule has 10 heteroatoms. The lowest BCUT2D eigenvalue weighted by Gasteiger charge is -2.12. The van der Waals surface area contributed by atoms with Crippen LogP contribution in [0.5, 0.6) is 0 Å². The molecule has 1 aliphatic heterocycles. The Kier molecular flexibility index (Phi) is 5.87. The highest BCUT2D eigenvalue weighted by atomic mass is 32.2. The molecule has 1 fully saturated rings. The normalized spacial score (nSPS) is 17.7. The van der Waals surface area contributed by atoms with E-state index in [0.717, 1.165) is 5.69 Å². The van der Waals surface area contributed by atoms with Crippen molar-refractivity contribution in [2.24, 2.45) is 0 Å². The minimum atomic E-state index is -3.06. The maximum absolute atomic E-state index is 13.3. The Bertz CT molecular complexity index is 1150. The first-order valence-electron chi connectivity index (χ1n) is 9.31. The van der Waals surface area contributed by atoms with Crippen molar-refractivity contribution in [3.63, 3.8) is 0 Å². The number of para-hydroxylation sites is 1. The van der Waals surface area contributed by atoms with Crippen LogP contribution in [0.3, 0.4) is 0 Å². The van der Waals surface area contributed by atoms with Crippen LogP contribution in [0.2, 0.25) is 0 Å². The number of aromatic nitrogens is 3. The van der Waals surface area contributed by atoms with Crippen LogP contribution in [-0.4, -0.2) is 52.4 Å². The lowest BCUT2D eigenvalue weighted by atomic mass is 10.2. The predicted octanol–water partition coefficient (Wildman–Crippen LogP) is 2.47. The molecule has 4 rings (SSSR count). The van der Waals surface area contributed by atoms with Gasteiger partial charge in [-0.3, -0.25) is 9.36 Å². The molecule has 1 amide bonds. The van der Waals surface area contributed by atoms with Gasteiger partial charge in [-0.1, -0.05) is 30.0 Å². The molecule has 1 aliphatic rings. The fourth-order valence-electron chi connectivity index (χ4n) is 3.27. The van der Waals surface area contributed by atoms with E-state index in [1.54, 1.807) is 12.1 Å². The van der Waals surface area contributed by atoms with Gasteiger partial charge in [-0.05, 0) is 42.8 Å². The molecule has 0 spiro atoms. The number of rotatable bonds is 6. The molecule has 30 heavy (non-hydrogen) atoms. The van der Waals surface area contributed by atoms with Gasteiger partial charge < -0.3 is 5.32 Å². The number of thioether (sulfide) groups is 1. The zero-order valence-electron chi connectivity index (χ0n) is 15.9. The van der Waals surface area contributed by atoms with E-state index in [9.17, 15) is 17.6 Å². The second-order valence-electron chi connectivity index (χ2n) is 6.94. The van der Waals surface area contributed by atoms with Crippen LogP contribution in [0, 0.1) is 5.82 Å². The van der Waals surface area contributed by atoms with Gasteiger partial charge in [-0.15, -0.1) is 10.2 Å². The third kappa shape index (κ3) is 4.71. The summed E-state index contributed by atoms with van der Waals surface area (Å²) in [6.07, 6.45) is 0.438. The standard InChI is InChI=1S/C20H19FN4O3S2/c21-15-8-6-14(7-9-15)19-23-24-20(25(19)17-4-2-1-3-5-17)29-12-18(26)22-16-10-11-30(27,28)13-16/h1-9,16H,10-13H2,(H,22,26). The van der Waals surface area contributed by atoms with Gasteiger partial charge in [0.2, 0.25) is 5.91 Å². The van der Waals surface area contributed by atoms with Crippen molar-refractivity contribution in [2.75, 3.05) is 17.3 Å². The number of nitrogens with one attached hydrogen (secondary N) is 1. The van der Waals surface area contributed by atoms with E-state index in [4.69, 9.17) is 0 Å². The van der Waals surface area contributed by atoms with Crippen molar-refractivity contribution in [1.82, 2.24) is 20.1 Å². The first-order valence-corrected chi connectivity index (χ1v) is 12.1. The Balaban J connectivity index is 1.54. The molecule has 7 nitrogen and oxygen atoms in total. The van der Waals surface area contributed by atoms with E-state index in [2.05, 4.69) is 15.5 Å². The Morgan fingerprint density at radius 1 is 1.13 bits per heavy atom. The topological polar surface area (TPSA) is 93.9 Å². The molecule has 1 N–H and O–H groups in total. The van der Waals surface area contributed by atoms with Crippen LogP contribution >= 0.6 is 11.8 Å². The van der Waals surface area contributed by atoms with E-state index >= 15 is 0 Å². The Hall–Kier alpha value is -2.72. The van der Waals surface area contributed by atoms with Crippen LogP contribution in [-0.2, 0) is 14.6 Å². The number of hydrogen-bond acceptors (Lipinski definition) is 6. The summed E-state index contributed by atoms with van der Waals surface area (Å²) in [4.78, 5) is 12.3. The van der Waals surface area contributed by atoms with Gasteiger partial charge in [0.15, 0.2) is 20.8 Å². The van der Waals surface area contributed by atoms with Crippen molar-refractivity contribution in [2.45, 2.75) is 17.6 Å². The average molecular weight is 447 g/mol. The van der Waals surface area contributed by atoms with E-state index in [1.807, 2.05) is 34.9 Å². The Labute approximate surface area is 177 Å². The fraction of sp³-hybridized carbons (Fsp3) is 0.250. The number of nitrogens with zero attached hydrogens (tertiary/aromatic N) is 3. The zero-order chi connectivity index (χ0) is 21.1. The van der Waals surface area contributed by atoms with Gasteiger partial charge in [0.1, 0.15) is 5.82 Å². The van der Waals surface area contributed by atoms with Gasteiger partial charge in [0, 0.05) is 17.3 Å². The second-order valence-corrected chi connectivity index (χ2v) is 10.1. The first-order chi connectivity index (χ1) is 14.4. The molecule has 2 heterocycles. The van der Waals surface area contributed by atoms with Gasteiger partial charge in [-0.2, -0.15) is 0 Å². The molecule has 1 unspecified atom stereocenters. The van der Waals surface area contributed by atoms with Crippen LogP contribution in [0.25, 0.3) is 17.1 Å². The van der Waals surface area contributed by atoms with Crippen molar-refractivity contribution >= 4 is 27.5 Å². The summed E-state index contributed by atoms with van der Waals surface area (Å²) in [7, 11) is -3.06. The van der Waals surface area contributed by atoms with Crippen LogP contribution in [0.15, 0.2) is 59.8 Å². The number of hydrogen-bond donors (Lipinski definition) is 1. The summed E-state index contributed by atoms with van der Waals surface area (Å²) >= 11 is 1.21. The largest absolute Gasteiger partial charge is 0.352 e. The average Bonchev–Trinajstić information content (AvgIpc) is 3.30. The Morgan fingerprint density at radius 2 is 1.87 bits per heavy atom. The highest BCUT2D eigenvalue weighted by molar-refractivity contribution is 7.99. The number of halogens is 1. The van der Waals surface area contributed by atoms with E-state index in [1.165, 1.54) is 23.9 Å². The SMILES string of the molecule is O=C(CSc1nnc(-c2ccc(F)cc2)n1-c1ccccc1)NC1CCS(=O)(=O)C1. The summed E-state index contributed by atoms with van der Waals surface area (Å²) < 4.78 is 38.3. The third-order valence-corrected chi connectivity index (χ3v) is 7.38. The predicted molar refractivity (Wildman–Crippen MR) is 113 cm³/mol. The summed E-state index contributed by atoms with van der Waals surface area (Å²) in [6, 6.07) is 15.1. The van der Waals surface area contributed by atoms with Gasteiger partial charge in [0.05, 0.1) is 17.3 Å². The lowest BCUT2D eigenvalue weighted by molar-refractivity contribution is -0.119. The van der Waals surface area contributed by atoms with E-state index in [-0.39, 0.29) is 35.0 Å². The maximum Gasteiger partial charge on any atom is 0.230 e. The maximum atomic E-state index is 13.3. The van der Waals surface area contributed by atoms with E-state index < -0.39 is 9.84 Å². The van der Waals surface area contributed by atoms with Gasteiger partial charge in [0.25, 0.3) is 0 Å². The molecular weight excluding hydrogens is 427 g/mol. The molecule has 0 bridgehead atoms. The minimum absolute atomic E-state index is 0.0156. The lowest BCUT2D eigenvalue weighted by Crippen LogP contribution is -2.36. The molecule has 1 aromatic heterocycles. The van der Waals surface area contributed by atoms with E-state index in [0.29, 0.717) is 23.0 Å². The number of benzene rings is 2. The number of amides is 1. The third-order valence-electron chi connectivity index (χ3n) is 4.68. The molecule has 1 atom stereocenters. The second kappa shape index (κ2) is 8.57. The van der Waals surface area contributed by atoms with Crippen molar-refractivity contribution < 1.29 is 17.6 Å². The zero-order valence-corrected chi connectivity index (χ0v) is 17.5. The van der Waals surface area contributed by atoms with Crippen molar-refractivity contribution in [3.05, 3.63) is 60.4 Å². The minimum Gasteiger partial charge on any atom is -0.352 e. The smallest absolute Gasteiger partial charge is 0.230 e. The molecular formula is C20H19FN4O3S2. The van der Waals surface area contributed by atoms with Gasteiger partial charge in [-0.25, -0.2) is 12.8 Å². The summed E-state index contributed by atoms with van der Waals surface area (Å²) in [6.45, 7) is 0. The van der Waals surface area contributed by atoms with Crippen LogP contribution in [0.1, 0.15) is 6.42 Å². The Morgan fingerprint density at radius 3 is 2.53 bits per heavy atom. The fourth-order valence-corrected chi connectivity index (χ4v) is 5.70. The monoisotopic (exact) mass is 446 g/mol. The number of sulfone groups is 1. The number of carbonyl (C=O) groups is 1. The molecule has 0 aliphatic carbocycles. The van der Waals surface area contributed by atoms with Crippen molar-refractivity contribution in [3.8, 4) is 17.1 Å². The molecule has 156 valence electrons. The first kappa shape index (κ1) is 20.5. The van der Waals surface area contributed by atoms with Crippen molar-refractivity contribution in [1.29, 1.82) is 0 Å². The van der Waals surface area contributed by atoms with Crippen LogP contribution in [0.4, 0.5) is 4.39 Å². The molecule has 3 aromatic rings. The summed E-state index contributed by atoms with van der Waals surface area (Å²) in [5.41, 5.74) is 1.51. The molecule has 1 saturated heterocycles. The molecule has 0 radical (unpaired) electrons. The van der Waals surface area contributed by atoms with Crippen LogP contribution < -0.4 is 5.32 Å². The van der Waals surface area contributed by atoms with Gasteiger partial charge >= 0.3 is 0 Å². The summed E-state index contributed by atoms with van der Waals surface area (Å²) in [5.74, 6) is 0.0984. The number of carbonyl (C=O) groups excluding carboxylic acids is 1. The summed E-state index contributed by atoms with van der Waals surface area (Å²) in [5, 5.41) is 11.8. The highest BCUT2D eigenvalue weighted by Gasteiger charge is 2.29. The highest BCUT2D eigenvalue weighted by Crippen LogP contribution is 2.28. The molecule has 2 aromatic carbocycles.